The van der Waals surface area contributed by atoms with Crippen LogP contribution in [-0.4, -0.2) is 69.4 Å². The zero-order chi connectivity index (χ0) is 19.8. The van der Waals surface area contributed by atoms with Crippen molar-refractivity contribution in [1.82, 2.24) is 24.6 Å². The Balaban J connectivity index is 1.37. The van der Waals surface area contributed by atoms with Gasteiger partial charge in [-0.05, 0) is 31.0 Å². The minimum absolute atomic E-state index is 0.115. The van der Waals surface area contributed by atoms with E-state index in [0.717, 1.165) is 35.4 Å². The summed E-state index contributed by atoms with van der Waals surface area (Å²) in [5.74, 6) is 0.955. The number of carbonyl (C=O) groups is 1. The number of anilines is 1. The average Bonchev–Trinajstić information content (AvgIpc) is 3.43. The fourth-order valence-electron chi connectivity index (χ4n) is 4.00. The lowest BCUT2D eigenvalue weighted by molar-refractivity contribution is -0.141. The molecule has 150 valence electrons. The topological polar surface area (TPSA) is 76.4 Å². The SMILES string of the molecule is O=C(C1CCCO1)N1CCN(c2ncnc3c2cnn3-c2cccc(Cl)c2)CC1. The summed E-state index contributed by atoms with van der Waals surface area (Å²) in [7, 11) is 0. The summed E-state index contributed by atoms with van der Waals surface area (Å²) >= 11 is 6.13. The van der Waals surface area contributed by atoms with Crippen LogP contribution in [0.15, 0.2) is 36.8 Å². The molecule has 1 amide bonds. The normalized spacial score (nSPS) is 19.8. The second-order valence-corrected chi connectivity index (χ2v) is 7.72. The second kappa shape index (κ2) is 7.61. The van der Waals surface area contributed by atoms with Gasteiger partial charge in [-0.1, -0.05) is 17.7 Å². The van der Waals surface area contributed by atoms with Crippen LogP contribution < -0.4 is 4.90 Å². The van der Waals surface area contributed by atoms with E-state index in [9.17, 15) is 4.79 Å². The molecular weight excluding hydrogens is 392 g/mol. The van der Waals surface area contributed by atoms with E-state index in [0.29, 0.717) is 37.8 Å². The number of piperazine rings is 1. The third-order valence-electron chi connectivity index (χ3n) is 5.49. The van der Waals surface area contributed by atoms with Crippen molar-refractivity contribution in [3.63, 3.8) is 0 Å². The summed E-state index contributed by atoms with van der Waals surface area (Å²) in [6.07, 6.45) is 4.88. The van der Waals surface area contributed by atoms with Crippen molar-refractivity contribution in [2.24, 2.45) is 0 Å². The predicted molar refractivity (Wildman–Crippen MR) is 109 cm³/mol. The molecule has 0 aliphatic carbocycles. The molecule has 2 fully saturated rings. The molecule has 1 aromatic carbocycles. The number of rotatable bonds is 3. The van der Waals surface area contributed by atoms with Crippen molar-refractivity contribution in [2.45, 2.75) is 18.9 Å². The molecule has 0 N–H and O–H groups in total. The van der Waals surface area contributed by atoms with E-state index < -0.39 is 0 Å². The molecule has 0 saturated carbocycles. The number of nitrogens with zero attached hydrogens (tertiary/aromatic N) is 6. The Morgan fingerprint density at radius 1 is 1.17 bits per heavy atom. The van der Waals surface area contributed by atoms with Gasteiger partial charge in [-0.2, -0.15) is 5.10 Å². The van der Waals surface area contributed by atoms with Crippen LogP contribution in [0.25, 0.3) is 16.7 Å². The number of ether oxygens (including phenoxy) is 1. The van der Waals surface area contributed by atoms with Gasteiger partial charge < -0.3 is 14.5 Å². The van der Waals surface area contributed by atoms with Crippen LogP contribution in [-0.2, 0) is 9.53 Å². The summed E-state index contributed by atoms with van der Waals surface area (Å²) in [5.41, 5.74) is 1.58. The lowest BCUT2D eigenvalue weighted by Crippen LogP contribution is -2.51. The van der Waals surface area contributed by atoms with Gasteiger partial charge in [-0.25, -0.2) is 14.6 Å². The largest absolute Gasteiger partial charge is 0.368 e. The highest BCUT2D eigenvalue weighted by molar-refractivity contribution is 6.30. The van der Waals surface area contributed by atoms with Crippen LogP contribution in [0.5, 0.6) is 0 Å². The number of aromatic nitrogens is 4. The van der Waals surface area contributed by atoms with Gasteiger partial charge in [0.05, 0.1) is 17.3 Å². The first kappa shape index (κ1) is 18.3. The van der Waals surface area contributed by atoms with E-state index in [4.69, 9.17) is 16.3 Å². The van der Waals surface area contributed by atoms with Crippen LogP contribution in [0.4, 0.5) is 5.82 Å². The molecule has 9 heteroatoms. The molecular formula is C20H21ClN6O2. The minimum Gasteiger partial charge on any atom is -0.368 e. The molecule has 1 atom stereocenters. The van der Waals surface area contributed by atoms with Crippen LogP contribution >= 0.6 is 11.6 Å². The molecule has 0 bridgehead atoms. The highest BCUT2D eigenvalue weighted by Gasteiger charge is 2.31. The third-order valence-corrected chi connectivity index (χ3v) is 5.73. The van der Waals surface area contributed by atoms with E-state index in [1.807, 2.05) is 29.2 Å². The number of benzene rings is 1. The van der Waals surface area contributed by atoms with Crippen LogP contribution in [0.2, 0.25) is 5.02 Å². The molecule has 8 nitrogen and oxygen atoms in total. The molecule has 2 saturated heterocycles. The summed E-state index contributed by atoms with van der Waals surface area (Å²) in [6.45, 7) is 3.44. The van der Waals surface area contributed by atoms with E-state index in [1.165, 1.54) is 0 Å². The lowest BCUT2D eigenvalue weighted by Gasteiger charge is -2.36. The van der Waals surface area contributed by atoms with Crippen molar-refractivity contribution >= 4 is 34.4 Å². The monoisotopic (exact) mass is 412 g/mol. The first-order chi connectivity index (χ1) is 14.2. The molecule has 5 rings (SSSR count). The Kier molecular flexibility index (Phi) is 4.81. The Bertz CT molecular complexity index is 1040. The van der Waals surface area contributed by atoms with Gasteiger partial charge in [-0.15, -0.1) is 0 Å². The molecule has 4 heterocycles. The van der Waals surface area contributed by atoms with Gasteiger partial charge in [-0.3, -0.25) is 4.79 Å². The number of halogens is 1. The molecule has 0 spiro atoms. The van der Waals surface area contributed by atoms with Crippen LogP contribution in [0.3, 0.4) is 0 Å². The van der Waals surface area contributed by atoms with Gasteiger partial charge in [0.2, 0.25) is 0 Å². The molecule has 3 aromatic rings. The Labute approximate surface area is 173 Å². The van der Waals surface area contributed by atoms with Gasteiger partial charge in [0, 0.05) is 37.8 Å². The first-order valence-corrected chi connectivity index (χ1v) is 10.2. The van der Waals surface area contributed by atoms with Crippen LogP contribution in [0.1, 0.15) is 12.8 Å². The first-order valence-electron chi connectivity index (χ1n) is 9.81. The summed E-state index contributed by atoms with van der Waals surface area (Å²) in [5, 5.41) is 6.03. The summed E-state index contributed by atoms with van der Waals surface area (Å²) in [6, 6.07) is 7.51. The van der Waals surface area contributed by atoms with Crippen molar-refractivity contribution < 1.29 is 9.53 Å². The van der Waals surface area contributed by atoms with Crippen molar-refractivity contribution in [3.8, 4) is 5.69 Å². The maximum atomic E-state index is 12.6. The number of fused-ring (bicyclic) bond motifs is 1. The lowest BCUT2D eigenvalue weighted by atomic mass is 10.2. The number of carbonyl (C=O) groups excluding carboxylic acids is 1. The minimum atomic E-state index is -0.261. The molecule has 0 radical (unpaired) electrons. The average molecular weight is 413 g/mol. The maximum absolute atomic E-state index is 12.6. The fraction of sp³-hybridized carbons (Fsp3) is 0.400. The van der Waals surface area contributed by atoms with Gasteiger partial charge in [0.15, 0.2) is 5.65 Å². The van der Waals surface area contributed by atoms with Gasteiger partial charge in [0.25, 0.3) is 5.91 Å². The van der Waals surface area contributed by atoms with E-state index in [1.54, 1.807) is 17.2 Å². The zero-order valence-electron chi connectivity index (χ0n) is 15.9. The van der Waals surface area contributed by atoms with E-state index >= 15 is 0 Å². The Morgan fingerprint density at radius 2 is 2.03 bits per heavy atom. The Hall–Kier alpha value is -2.71. The molecule has 2 aromatic heterocycles. The Morgan fingerprint density at radius 3 is 2.79 bits per heavy atom. The molecule has 2 aliphatic heterocycles. The van der Waals surface area contributed by atoms with Gasteiger partial charge in [0.1, 0.15) is 18.2 Å². The zero-order valence-corrected chi connectivity index (χ0v) is 16.6. The quantitative estimate of drug-likeness (QED) is 0.657. The van der Waals surface area contributed by atoms with Crippen molar-refractivity contribution in [1.29, 1.82) is 0 Å². The van der Waals surface area contributed by atoms with E-state index in [-0.39, 0.29) is 12.0 Å². The third kappa shape index (κ3) is 3.42. The number of hydrogen-bond acceptors (Lipinski definition) is 6. The van der Waals surface area contributed by atoms with Crippen molar-refractivity contribution in [3.05, 3.63) is 41.8 Å². The molecule has 1 unspecified atom stereocenters. The molecule has 2 aliphatic rings. The fourth-order valence-corrected chi connectivity index (χ4v) is 4.18. The summed E-state index contributed by atoms with van der Waals surface area (Å²) < 4.78 is 7.31. The second-order valence-electron chi connectivity index (χ2n) is 7.28. The van der Waals surface area contributed by atoms with Gasteiger partial charge >= 0.3 is 0 Å². The van der Waals surface area contributed by atoms with Crippen LogP contribution in [0, 0.1) is 0 Å². The standard InChI is InChI=1S/C20H21ClN6O2/c21-14-3-1-4-15(11-14)27-19-16(12-24-27)18(22-13-23-19)25-6-8-26(9-7-25)20(28)17-5-2-10-29-17/h1,3-4,11-13,17H,2,5-10H2. The molecule has 29 heavy (non-hydrogen) atoms. The number of hydrogen-bond donors (Lipinski definition) is 0. The summed E-state index contributed by atoms with van der Waals surface area (Å²) in [4.78, 5) is 25.6. The highest BCUT2D eigenvalue weighted by Crippen LogP contribution is 2.26. The smallest absolute Gasteiger partial charge is 0.251 e. The van der Waals surface area contributed by atoms with Crippen molar-refractivity contribution in [2.75, 3.05) is 37.7 Å². The predicted octanol–water partition coefficient (Wildman–Crippen LogP) is 2.30. The van der Waals surface area contributed by atoms with E-state index in [2.05, 4.69) is 20.0 Å². The number of amides is 1. The highest BCUT2D eigenvalue weighted by atomic mass is 35.5. The maximum Gasteiger partial charge on any atom is 0.251 e.